The maximum atomic E-state index is 12.1. The maximum absolute atomic E-state index is 12.1. The number of ketones is 1. The van der Waals surface area contributed by atoms with Crippen molar-refractivity contribution in [1.29, 1.82) is 0 Å². The molecule has 17 heavy (non-hydrogen) atoms. The first kappa shape index (κ1) is 12.9. The molecule has 0 aromatic rings. The quantitative estimate of drug-likeness (QED) is 0.620. The Hall–Kier alpha value is -0.590. The normalized spacial score (nSPS) is 46.1. The second-order valence-corrected chi connectivity index (χ2v) is 6.45. The van der Waals surface area contributed by atoms with E-state index in [1.807, 2.05) is 0 Å². The predicted molar refractivity (Wildman–Crippen MR) is 71.7 cm³/mol. The number of carbonyl (C=O) groups is 1. The molecule has 2 aliphatic carbocycles. The summed E-state index contributed by atoms with van der Waals surface area (Å²) in [5, 5.41) is 0. The summed E-state index contributed by atoms with van der Waals surface area (Å²) in [4.78, 5) is 12.1. The van der Waals surface area contributed by atoms with E-state index in [1.165, 1.54) is 19.3 Å². The van der Waals surface area contributed by atoms with Crippen molar-refractivity contribution < 1.29 is 4.79 Å². The van der Waals surface area contributed by atoms with Crippen molar-refractivity contribution in [1.82, 2.24) is 0 Å². The van der Waals surface area contributed by atoms with Gasteiger partial charge in [-0.05, 0) is 49.9 Å². The van der Waals surface area contributed by atoms with Crippen LogP contribution in [-0.4, -0.2) is 5.78 Å². The molecular weight excluding hydrogens is 208 g/mol. The Balaban J connectivity index is 2.45. The lowest BCUT2D eigenvalue weighted by molar-refractivity contribution is -0.135. The van der Waals surface area contributed by atoms with E-state index in [2.05, 4.69) is 33.8 Å². The third-order valence-corrected chi connectivity index (χ3v) is 6.05. The Kier molecular flexibility index (Phi) is 3.22. The number of carbonyl (C=O) groups excluding carboxylic acids is 1. The smallest absolute Gasteiger partial charge is 0.136 e. The molecule has 0 aromatic heterocycles. The Morgan fingerprint density at radius 1 is 1.35 bits per heavy atom. The van der Waals surface area contributed by atoms with Crippen LogP contribution in [0.5, 0.6) is 0 Å². The van der Waals surface area contributed by atoms with Crippen LogP contribution in [0.25, 0.3) is 0 Å². The van der Waals surface area contributed by atoms with Crippen molar-refractivity contribution in [2.24, 2.45) is 29.1 Å². The summed E-state index contributed by atoms with van der Waals surface area (Å²) in [5.74, 6) is 2.67. The predicted octanol–water partition coefficient (Wildman–Crippen LogP) is 4.23. The van der Waals surface area contributed by atoms with E-state index in [1.54, 1.807) is 12.5 Å². The molecule has 96 valence electrons. The Morgan fingerprint density at radius 2 is 2.00 bits per heavy atom. The molecule has 0 bridgehead atoms. The molecule has 0 N–H and O–H groups in total. The largest absolute Gasteiger partial charge is 0.299 e. The summed E-state index contributed by atoms with van der Waals surface area (Å²) in [6, 6.07) is 0. The molecule has 0 aliphatic heterocycles. The van der Waals surface area contributed by atoms with Gasteiger partial charge in [0.25, 0.3) is 0 Å². The minimum atomic E-state index is -0.154. The van der Waals surface area contributed by atoms with Gasteiger partial charge in [-0.25, -0.2) is 0 Å². The number of fused-ring (bicyclic) bond motifs is 1. The maximum Gasteiger partial charge on any atom is 0.136 e. The van der Waals surface area contributed by atoms with Crippen LogP contribution in [0, 0.1) is 29.1 Å². The topological polar surface area (TPSA) is 17.1 Å². The minimum absolute atomic E-state index is 0.154. The zero-order chi connectivity index (χ0) is 12.8. The van der Waals surface area contributed by atoms with Gasteiger partial charge in [0.05, 0.1) is 0 Å². The second kappa shape index (κ2) is 4.26. The summed E-state index contributed by atoms with van der Waals surface area (Å²) >= 11 is 0. The highest BCUT2D eigenvalue weighted by Crippen LogP contribution is 2.55. The number of Topliss-reactive ketones (excluding diaryl/α,β-unsaturated/α-hetero) is 1. The molecule has 2 rings (SSSR count). The van der Waals surface area contributed by atoms with Gasteiger partial charge in [0.15, 0.2) is 0 Å². The summed E-state index contributed by atoms with van der Waals surface area (Å²) in [6.07, 6.45) is 6.30. The molecular formula is C16H26O. The van der Waals surface area contributed by atoms with Crippen LogP contribution in [0.3, 0.4) is 0 Å². The lowest BCUT2D eigenvalue weighted by Gasteiger charge is -2.52. The molecule has 5 unspecified atom stereocenters. The first-order valence-electron chi connectivity index (χ1n) is 7.11. The van der Waals surface area contributed by atoms with E-state index >= 15 is 0 Å². The Morgan fingerprint density at radius 3 is 2.59 bits per heavy atom. The van der Waals surface area contributed by atoms with Crippen LogP contribution in [0.2, 0.25) is 0 Å². The number of rotatable bonds is 1. The van der Waals surface area contributed by atoms with Crippen molar-refractivity contribution in [2.45, 2.75) is 53.9 Å². The molecule has 0 heterocycles. The van der Waals surface area contributed by atoms with Gasteiger partial charge in [-0.3, -0.25) is 4.79 Å². The minimum Gasteiger partial charge on any atom is -0.299 e. The number of hydrogen-bond donors (Lipinski definition) is 0. The van der Waals surface area contributed by atoms with Crippen LogP contribution >= 0.6 is 0 Å². The van der Waals surface area contributed by atoms with E-state index < -0.39 is 0 Å². The fraction of sp³-hybridized carbons (Fsp3) is 0.812. The van der Waals surface area contributed by atoms with E-state index in [9.17, 15) is 4.79 Å². The van der Waals surface area contributed by atoms with E-state index in [-0.39, 0.29) is 5.41 Å². The Bertz CT molecular complexity index is 355. The molecule has 0 amide bonds. The second-order valence-electron chi connectivity index (χ2n) is 6.45. The number of hydrogen-bond acceptors (Lipinski definition) is 1. The molecule has 0 saturated heterocycles. The van der Waals surface area contributed by atoms with Crippen molar-refractivity contribution in [3.63, 3.8) is 0 Å². The highest BCUT2D eigenvalue weighted by atomic mass is 16.1. The average Bonchev–Trinajstić information content (AvgIpc) is 2.33. The number of allylic oxidation sites excluding steroid dienone is 2. The summed E-state index contributed by atoms with van der Waals surface area (Å²) in [6.45, 7) is 10.9. The lowest BCUT2D eigenvalue weighted by atomic mass is 9.51. The van der Waals surface area contributed by atoms with Gasteiger partial charge < -0.3 is 0 Å². The van der Waals surface area contributed by atoms with Gasteiger partial charge in [-0.2, -0.15) is 0 Å². The van der Waals surface area contributed by atoms with E-state index in [0.29, 0.717) is 23.5 Å². The first-order valence-corrected chi connectivity index (χ1v) is 7.11. The van der Waals surface area contributed by atoms with Gasteiger partial charge in [-0.1, -0.05) is 39.3 Å². The molecule has 0 spiro atoms. The molecule has 0 radical (unpaired) electrons. The molecule has 1 heteroatoms. The highest BCUT2D eigenvalue weighted by Gasteiger charge is 2.51. The van der Waals surface area contributed by atoms with Gasteiger partial charge in [-0.15, -0.1) is 0 Å². The Labute approximate surface area is 106 Å². The molecule has 1 nitrogen and oxygen atoms in total. The van der Waals surface area contributed by atoms with Crippen LogP contribution in [0.4, 0.5) is 0 Å². The van der Waals surface area contributed by atoms with Crippen molar-refractivity contribution in [2.75, 3.05) is 0 Å². The summed E-state index contributed by atoms with van der Waals surface area (Å²) in [5.41, 5.74) is 1.43. The molecule has 1 saturated carbocycles. The van der Waals surface area contributed by atoms with Crippen molar-refractivity contribution in [3.05, 3.63) is 11.6 Å². The SMILES string of the molecule is CC(=O)C1(C)C(C)C2=CCCCC2C(C)C1C. The third kappa shape index (κ3) is 1.70. The fourth-order valence-corrected chi connectivity index (χ4v) is 4.25. The molecule has 1 fully saturated rings. The fourth-order valence-electron chi connectivity index (χ4n) is 4.25. The molecule has 5 atom stereocenters. The average molecular weight is 234 g/mol. The molecule has 0 aromatic carbocycles. The zero-order valence-electron chi connectivity index (χ0n) is 11.9. The lowest BCUT2D eigenvalue weighted by Crippen LogP contribution is -2.50. The first-order chi connectivity index (χ1) is 7.90. The van der Waals surface area contributed by atoms with Crippen LogP contribution in [0.15, 0.2) is 11.6 Å². The van der Waals surface area contributed by atoms with E-state index in [0.717, 1.165) is 5.92 Å². The summed E-state index contributed by atoms with van der Waals surface area (Å²) in [7, 11) is 0. The standard InChI is InChI=1S/C16H26O/c1-10-11(2)16(5,13(4)17)12(3)15-9-7-6-8-14(10)15/h9-12,14H,6-8H2,1-5H3. The monoisotopic (exact) mass is 234 g/mol. The van der Waals surface area contributed by atoms with Crippen LogP contribution < -0.4 is 0 Å². The summed E-state index contributed by atoms with van der Waals surface area (Å²) < 4.78 is 0. The van der Waals surface area contributed by atoms with Gasteiger partial charge in [0, 0.05) is 5.41 Å². The van der Waals surface area contributed by atoms with Gasteiger partial charge in [0.1, 0.15) is 5.78 Å². The van der Waals surface area contributed by atoms with Crippen LogP contribution in [-0.2, 0) is 4.79 Å². The van der Waals surface area contributed by atoms with E-state index in [4.69, 9.17) is 0 Å². The zero-order valence-corrected chi connectivity index (χ0v) is 11.9. The third-order valence-electron chi connectivity index (χ3n) is 6.05. The highest BCUT2D eigenvalue weighted by molar-refractivity contribution is 5.83. The van der Waals surface area contributed by atoms with Gasteiger partial charge >= 0.3 is 0 Å². The van der Waals surface area contributed by atoms with Crippen molar-refractivity contribution >= 4 is 5.78 Å². The van der Waals surface area contributed by atoms with Crippen molar-refractivity contribution in [3.8, 4) is 0 Å². The molecule has 2 aliphatic rings. The van der Waals surface area contributed by atoms with Crippen LogP contribution in [0.1, 0.15) is 53.9 Å². The van der Waals surface area contributed by atoms with Gasteiger partial charge in [0.2, 0.25) is 0 Å².